The number of sulfonamides is 1. The van der Waals surface area contributed by atoms with Gasteiger partial charge in [-0.15, -0.1) is 0 Å². The molecular weight excluding hydrogens is 321 g/mol. The lowest BCUT2D eigenvalue weighted by Crippen LogP contribution is -2.17. The molecule has 0 aliphatic rings. The number of hydrogen-bond donors (Lipinski definition) is 2. The molecule has 0 saturated heterocycles. The Bertz CT molecular complexity index is 903. The van der Waals surface area contributed by atoms with Crippen molar-refractivity contribution >= 4 is 27.3 Å². The van der Waals surface area contributed by atoms with Crippen LogP contribution in [0, 0.1) is 17.1 Å². The first-order valence-electron chi connectivity index (χ1n) is 5.45. The lowest BCUT2D eigenvalue weighted by atomic mass is 10.2. The second kappa shape index (κ2) is 5.55. The van der Waals surface area contributed by atoms with E-state index in [0.29, 0.717) is 0 Å². The minimum atomic E-state index is -4.12. The lowest BCUT2D eigenvalue weighted by Gasteiger charge is -2.09. The number of nitrogens with one attached hydrogen (secondary N) is 2. The maximum Gasteiger partial charge on any atom is 0.266 e. The maximum absolute atomic E-state index is 13.4. The largest absolute Gasteiger partial charge is 0.326 e. The smallest absolute Gasteiger partial charge is 0.266 e. The Kier molecular flexibility index (Phi) is 3.97. The van der Waals surface area contributed by atoms with E-state index in [1.807, 2.05) is 0 Å². The molecule has 0 saturated carbocycles. The highest BCUT2D eigenvalue weighted by Crippen LogP contribution is 2.22. The van der Waals surface area contributed by atoms with Gasteiger partial charge in [0.15, 0.2) is 0 Å². The summed E-state index contributed by atoms with van der Waals surface area (Å²) in [6.07, 6.45) is 0.946. The van der Waals surface area contributed by atoms with E-state index in [2.05, 4.69) is 9.71 Å². The van der Waals surface area contributed by atoms with Crippen molar-refractivity contribution in [1.29, 1.82) is 5.26 Å². The fraction of sp³-hybridized carbons (Fsp3) is 0. The van der Waals surface area contributed by atoms with Crippen molar-refractivity contribution in [3.05, 3.63) is 57.2 Å². The van der Waals surface area contributed by atoms with Gasteiger partial charge in [0.05, 0.1) is 5.69 Å². The minimum absolute atomic E-state index is 0.208. The molecule has 0 aliphatic heterocycles. The minimum Gasteiger partial charge on any atom is -0.326 e. The molecule has 0 amide bonds. The van der Waals surface area contributed by atoms with Crippen LogP contribution in [0.5, 0.6) is 0 Å². The van der Waals surface area contributed by atoms with Crippen LogP contribution in [0.2, 0.25) is 5.02 Å². The molecule has 2 N–H and O–H groups in total. The summed E-state index contributed by atoms with van der Waals surface area (Å²) in [5, 5.41) is 8.55. The molecule has 0 spiro atoms. The molecule has 0 unspecified atom stereocenters. The van der Waals surface area contributed by atoms with Gasteiger partial charge in [-0.05, 0) is 18.2 Å². The molecule has 0 atom stereocenters. The number of halogens is 2. The quantitative estimate of drug-likeness (QED) is 0.897. The molecule has 2 aromatic rings. The van der Waals surface area contributed by atoms with Crippen molar-refractivity contribution in [3.63, 3.8) is 0 Å². The zero-order chi connectivity index (χ0) is 15.6. The zero-order valence-corrected chi connectivity index (χ0v) is 11.8. The second-order valence-electron chi connectivity index (χ2n) is 3.89. The fourth-order valence-corrected chi connectivity index (χ4v) is 2.82. The maximum atomic E-state index is 13.4. The van der Waals surface area contributed by atoms with E-state index in [4.69, 9.17) is 16.9 Å². The van der Waals surface area contributed by atoms with Crippen LogP contribution in [0.15, 0.2) is 40.2 Å². The highest BCUT2D eigenvalue weighted by molar-refractivity contribution is 7.92. The third-order valence-electron chi connectivity index (χ3n) is 2.51. The van der Waals surface area contributed by atoms with Crippen LogP contribution in [-0.2, 0) is 10.0 Å². The first kappa shape index (κ1) is 15.0. The summed E-state index contributed by atoms with van der Waals surface area (Å²) in [5.41, 5.74) is -1.28. The average molecular weight is 328 g/mol. The van der Waals surface area contributed by atoms with E-state index in [9.17, 15) is 17.6 Å². The van der Waals surface area contributed by atoms with Crippen molar-refractivity contribution in [1.82, 2.24) is 4.98 Å². The molecule has 0 radical (unpaired) electrons. The predicted octanol–water partition coefficient (Wildman–Crippen LogP) is 1.84. The molecule has 6 nitrogen and oxygen atoms in total. The molecule has 1 aromatic heterocycles. The normalized spacial score (nSPS) is 10.9. The summed E-state index contributed by atoms with van der Waals surface area (Å²) in [7, 11) is -4.12. The molecule has 21 heavy (non-hydrogen) atoms. The fourth-order valence-electron chi connectivity index (χ4n) is 1.52. The van der Waals surface area contributed by atoms with Gasteiger partial charge in [0.25, 0.3) is 15.6 Å². The van der Waals surface area contributed by atoms with E-state index in [1.165, 1.54) is 12.1 Å². The Morgan fingerprint density at radius 3 is 2.71 bits per heavy atom. The van der Waals surface area contributed by atoms with Crippen molar-refractivity contribution in [2.75, 3.05) is 4.72 Å². The molecule has 9 heteroatoms. The van der Waals surface area contributed by atoms with Crippen LogP contribution < -0.4 is 10.3 Å². The zero-order valence-electron chi connectivity index (χ0n) is 10.2. The number of rotatable bonds is 3. The first-order chi connectivity index (χ1) is 9.85. The number of aromatic amines is 1. The number of nitriles is 1. The van der Waals surface area contributed by atoms with Crippen molar-refractivity contribution in [2.45, 2.75) is 4.90 Å². The van der Waals surface area contributed by atoms with Crippen LogP contribution >= 0.6 is 11.6 Å². The second-order valence-corrected chi connectivity index (χ2v) is 5.98. The lowest BCUT2D eigenvalue weighted by molar-refractivity contribution is 0.600. The number of pyridine rings is 1. The van der Waals surface area contributed by atoms with Gasteiger partial charge in [-0.1, -0.05) is 17.7 Å². The third-order valence-corrected chi connectivity index (χ3v) is 4.14. The molecule has 1 aromatic carbocycles. The van der Waals surface area contributed by atoms with Gasteiger partial charge in [0.1, 0.15) is 27.4 Å². The molecule has 0 aliphatic carbocycles. The Labute approximate surface area is 123 Å². The Hall–Kier alpha value is -2.37. The van der Waals surface area contributed by atoms with Crippen LogP contribution in [0.4, 0.5) is 10.1 Å². The SMILES string of the molecule is N#Cc1c(F)cccc1NS(=O)(=O)c1c[nH]c(=O)c(Cl)c1. The van der Waals surface area contributed by atoms with E-state index in [1.54, 1.807) is 6.07 Å². The van der Waals surface area contributed by atoms with Crippen LogP contribution in [0.25, 0.3) is 0 Å². The van der Waals surface area contributed by atoms with E-state index >= 15 is 0 Å². The molecule has 108 valence electrons. The number of nitrogens with zero attached hydrogens (tertiary/aromatic N) is 1. The Morgan fingerprint density at radius 2 is 2.10 bits per heavy atom. The van der Waals surface area contributed by atoms with Gasteiger partial charge in [0, 0.05) is 6.20 Å². The molecule has 0 bridgehead atoms. The summed E-state index contributed by atoms with van der Waals surface area (Å²) < 4.78 is 39.7. The highest BCUT2D eigenvalue weighted by atomic mass is 35.5. The van der Waals surface area contributed by atoms with Crippen LogP contribution in [-0.4, -0.2) is 13.4 Å². The van der Waals surface area contributed by atoms with Crippen LogP contribution in [0.1, 0.15) is 5.56 Å². The Balaban J connectivity index is 2.48. The molecule has 1 heterocycles. The van der Waals surface area contributed by atoms with Gasteiger partial charge in [-0.2, -0.15) is 5.26 Å². The first-order valence-corrected chi connectivity index (χ1v) is 7.31. The number of anilines is 1. The number of H-pyrrole nitrogens is 1. The van der Waals surface area contributed by atoms with Crippen molar-refractivity contribution in [2.24, 2.45) is 0 Å². The molecule has 0 fully saturated rings. The Morgan fingerprint density at radius 1 is 1.38 bits per heavy atom. The summed E-state index contributed by atoms with van der Waals surface area (Å²) >= 11 is 5.56. The molecular formula is C12H7ClFN3O3S. The number of hydrogen-bond acceptors (Lipinski definition) is 4. The van der Waals surface area contributed by atoms with Gasteiger partial charge in [0.2, 0.25) is 0 Å². The van der Waals surface area contributed by atoms with Gasteiger partial charge in [-0.3, -0.25) is 9.52 Å². The average Bonchev–Trinajstić information content (AvgIpc) is 2.41. The van der Waals surface area contributed by atoms with Crippen molar-refractivity contribution < 1.29 is 12.8 Å². The summed E-state index contributed by atoms with van der Waals surface area (Å²) in [5.74, 6) is -0.850. The van der Waals surface area contributed by atoms with E-state index < -0.39 is 27.0 Å². The predicted molar refractivity (Wildman–Crippen MR) is 74.0 cm³/mol. The van der Waals surface area contributed by atoms with Crippen LogP contribution in [0.3, 0.4) is 0 Å². The van der Waals surface area contributed by atoms with Gasteiger partial charge in [-0.25, -0.2) is 12.8 Å². The van der Waals surface area contributed by atoms with Gasteiger partial charge < -0.3 is 4.98 Å². The number of aromatic nitrogens is 1. The monoisotopic (exact) mass is 327 g/mol. The van der Waals surface area contributed by atoms with Crippen molar-refractivity contribution in [3.8, 4) is 6.07 Å². The highest BCUT2D eigenvalue weighted by Gasteiger charge is 2.18. The van der Waals surface area contributed by atoms with Gasteiger partial charge >= 0.3 is 0 Å². The topological polar surface area (TPSA) is 103 Å². The summed E-state index contributed by atoms with van der Waals surface area (Å²) in [6.45, 7) is 0. The summed E-state index contributed by atoms with van der Waals surface area (Å²) in [6, 6.07) is 6.06. The number of benzene rings is 1. The van der Waals surface area contributed by atoms with E-state index in [-0.39, 0.29) is 15.6 Å². The summed E-state index contributed by atoms with van der Waals surface area (Å²) in [4.78, 5) is 12.9. The standard InChI is InChI=1S/C12H7ClFN3O3S/c13-9-4-7(6-16-12(9)18)21(19,20)17-11-3-1-2-10(14)8(11)5-15/h1-4,6,17H,(H,16,18). The third kappa shape index (κ3) is 3.04. The molecule has 2 rings (SSSR count). The van der Waals surface area contributed by atoms with E-state index in [0.717, 1.165) is 18.3 Å².